The zero-order valence-corrected chi connectivity index (χ0v) is 12.2. The second kappa shape index (κ2) is 9.23. The maximum absolute atomic E-state index is 5.84. The summed E-state index contributed by atoms with van der Waals surface area (Å²) >= 11 is 5.84. The number of benzene rings is 1. The number of hydrogen-bond donors (Lipinski definition) is 0. The van der Waals surface area contributed by atoms with Gasteiger partial charge >= 0.3 is 0 Å². The normalized spacial score (nSPS) is 10.9. The molecule has 0 spiro atoms. The summed E-state index contributed by atoms with van der Waals surface area (Å²) in [6.07, 6.45) is 3.56. The van der Waals surface area contributed by atoms with E-state index in [1.54, 1.807) is 7.11 Å². The molecule has 0 fully saturated rings. The maximum Gasteiger partial charge on any atom is 0.118 e. The Bertz CT molecular complexity index is 313. The highest BCUT2D eigenvalue weighted by molar-refractivity contribution is 6.18. The quantitative estimate of drug-likeness (QED) is 0.636. The maximum atomic E-state index is 5.84. The molecular weight excluding hydrogens is 246 g/mol. The van der Waals surface area contributed by atoms with Crippen LogP contribution in [-0.2, 0) is 6.42 Å². The van der Waals surface area contributed by atoms with Gasteiger partial charge in [-0.3, -0.25) is 0 Å². The molecule has 1 aromatic rings. The molecule has 0 heterocycles. The van der Waals surface area contributed by atoms with Gasteiger partial charge < -0.3 is 9.64 Å². The molecule has 0 saturated carbocycles. The van der Waals surface area contributed by atoms with E-state index < -0.39 is 0 Å². The number of rotatable bonds is 9. The summed E-state index contributed by atoms with van der Waals surface area (Å²) in [5.41, 5.74) is 1.35. The molecule has 0 radical (unpaired) electrons. The van der Waals surface area contributed by atoms with Crippen molar-refractivity contribution in [3.05, 3.63) is 29.8 Å². The molecule has 0 aromatic heterocycles. The summed E-state index contributed by atoms with van der Waals surface area (Å²) in [7, 11) is 1.70. The highest BCUT2D eigenvalue weighted by Crippen LogP contribution is 2.12. The number of nitrogens with zero attached hydrogens (tertiary/aromatic N) is 1. The predicted molar refractivity (Wildman–Crippen MR) is 78.8 cm³/mol. The van der Waals surface area contributed by atoms with Crippen molar-refractivity contribution in [2.24, 2.45) is 0 Å². The zero-order chi connectivity index (χ0) is 13.2. The molecule has 0 aliphatic heterocycles. The van der Waals surface area contributed by atoms with Crippen LogP contribution in [0.1, 0.15) is 25.3 Å². The molecule has 3 heteroatoms. The van der Waals surface area contributed by atoms with Crippen molar-refractivity contribution in [3.63, 3.8) is 0 Å². The molecular formula is C15H24ClNO. The van der Waals surface area contributed by atoms with Crippen molar-refractivity contribution in [2.75, 3.05) is 32.6 Å². The summed E-state index contributed by atoms with van der Waals surface area (Å²) in [4.78, 5) is 2.45. The highest BCUT2D eigenvalue weighted by atomic mass is 35.5. The summed E-state index contributed by atoms with van der Waals surface area (Å²) in [5.74, 6) is 1.63. The van der Waals surface area contributed by atoms with Gasteiger partial charge in [0.15, 0.2) is 0 Å². The first-order chi connectivity index (χ1) is 8.80. The lowest BCUT2D eigenvalue weighted by molar-refractivity contribution is 0.288. The number of alkyl halides is 1. The van der Waals surface area contributed by atoms with Gasteiger partial charge in [-0.05, 0) is 37.1 Å². The standard InChI is InChI=1S/C15H24ClNO/c1-3-4-11-17(13-10-16)12-9-14-5-7-15(18-2)8-6-14/h5-8H,3-4,9-13H2,1-2H3. The number of unbranched alkanes of at least 4 members (excludes halogenated alkanes) is 1. The minimum atomic E-state index is 0.715. The minimum absolute atomic E-state index is 0.715. The monoisotopic (exact) mass is 269 g/mol. The van der Waals surface area contributed by atoms with E-state index in [2.05, 4.69) is 24.0 Å². The minimum Gasteiger partial charge on any atom is -0.497 e. The Kier molecular flexibility index (Phi) is 7.86. The Morgan fingerprint density at radius 2 is 1.83 bits per heavy atom. The first-order valence-electron chi connectivity index (χ1n) is 6.71. The molecule has 0 saturated heterocycles. The SMILES string of the molecule is CCCCN(CCCl)CCc1ccc(OC)cc1. The molecule has 102 valence electrons. The van der Waals surface area contributed by atoms with Crippen LogP contribution >= 0.6 is 11.6 Å². The Morgan fingerprint density at radius 1 is 1.11 bits per heavy atom. The van der Waals surface area contributed by atoms with E-state index in [0.717, 1.165) is 31.8 Å². The van der Waals surface area contributed by atoms with E-state index in [1.165, 1.54) is 18.4 Å². The van der Waals surface area contributed by atoms with E-state index in [0.29, 0.717) is 5.88 Å². The van der Waals surface area contributed by atoms with E-state index in [1.807, 2.05) is 12.1 Å². The van der Waals surface area contributed by atoms with E-state index in [4.69, 9.17) is 16.3 Å². The molecule has 1 aromatic carbocycles. The van der Waals surface area contributed by atoms with Crippen LogP contribution in [-0.4, -0.2) is 37.5 Å². The lowest BCUT2D eigenvalue weighted by Crippen LogP contribution is -2.29. The van der Waals surface area contributed by atoms with Gasteiger partial charge in [0.1, 0.15) is 5.75 Å². The van der Waals surface area contributed by atoms with E-state index in [9.17, 15) is 0 Å². The Morgan fingerprint density at radius 3 is 2.39 bits per heavy atom. The number of methoxy groups -OCH3 is 1. The zero-order valence-electron chi connectivity index (χ0n) is 11.5. The molecule has 2 nitrogen and oxygen atoms in total. The van der Waals surface area contributed by atoms with E-state index >= 15 is 0 Å². The van der Waals surface area contributed by atoms with Crippen LogP contribution in [0.5, 0.6) is 5.75 Å². The van der Waals surface area contributed by atoms with Crippen LogP contribution < -0.4 is 4.74 Å². The fourth-order valence-corrected chi connectivity index (χ4v) is 2.16. The van der Waals surface area contributed by atoms with Gasteiger partial charge in [0.25, 0.3) is 0 Å². The number of hydrogen-bond acceptors (Lipinski definition) is 2. The molecule has 0 atom stereocenters. The predicted octanol–water partition coefficient (Wildman–Crippen LogP) is 3.58. The largest absolute Gasteiger partial charge is 0.497 e. The fraction of sp³-hybridized carbons (Fsp3) is 0.600. The van der Waals surface area contributed by atoms with Gasteiger partial charge in [0.05, 0.1) is 7.11 Å². The molecule has 0 amide bonds. The van der Waals surface area contributed by atoms with Crippen molar-refractivity contribution in [1.29, 1.82) is 0 Å². The lowest BCUT2D eigenvalue weighted by atomic mass is 10.1. The Labute approximate surface area is 116 Å². The smallest absolute Gasteiger partial charge is 0.118 e. The molecule has 0 N–H and O–H groups in total. The second-order valence-electron chi connectivity index (χ2n) is 4.48. The third-order valence-electron chi connectivity index (χ3n) is 3.10. The summed E-state index contributed by atoms with van der Waals surface area (Å²) in [6.45, 7) is 5.44. The van der Waals surface area contributed by atoms with Crippen molar-refractivity contribution in [2.45, 2.75) is 26.2 Å². The van der Waals surface area contributed by atoms with Gasteiger partial charge in [0.2, 0.25) is 0 Å². The summed E-state index contributed by atoms with van der Waals surface area (Å²) < 4.78 is 5.16. The molecule has 1 rings (SSSR count). The van der Waals surface area contributed by atoms with Crippen molar-refractivity contribution < 1.29 is 4.74 Å². The molecule has 0 aliphatic rings. The van der Waals surface area contributed by atoms with Crippen LogP contribution in [0.2, 0.25) is 0 Å². The number of halogens is 1. The van der Waals surface area contributed by atoms with Crippen molar-refractivity contribution in [1.82, 2.24) is 4.90 Å². The van der Waals surface area contributed by atoms with Crippen LogP contribution in [0, 0.1) is 0 Å². The molecule has 0 unspecified atom stereocenters. The van der Waals surface area contributed by atoms with Gasteiger partial charge in [-0.25, -0.2) is 0 Å². The lowest BCUT2D eigenvalue weighted by Gasteiger charge is -2.20. The third-order valence-corrected chi connectivity index (χ3v) is 3.27. The van der Waals surface area contributed by atoms with Crippen LogP contribution in [0.25, 0.3) is 0 Å². The first kappa shape index (κ1) is 15.3. The average Bonchev–Trinajstić information content (AvgIpc) is 2.42. The van der Waals surface area contributed by atoms with E-state index in [-0.39, 0.29) is 0 Å². The van der Waals surface area contributed by atoms with Crippen LogP contribution in [0.3, 0.4) is 0 Å². The fourth-order valence-electron chi connectivity index (χ4n) is 1.92. The van der Waals surface area contributed by atoms with Gasteiger partial charge in [-0.15, -0.1) is 11.6 Å². The van der Waals surface area contributed by atoms with Crippen LogP contribution in [0.15, 0.2) is 24.3 Å². The Hall–Kier alpha value is -0.730. The first-order valence-corrected chi connectivity index (χ1v) is 7.24. The molecule has 0 aliphatic carbocycles. The average molecular weight is 270 g/mol. The molecule has 18 heavy (non-hydrogen) atoms. The molecule has 0 bridgehead atoms. The van der Waals surface area contributed by atoms with Gasteiger partial charge in [-0.1, -0.05) is 25.5 Å². The summed E-state index contributed by atoms with van der Waals surface area (Å²) in [5, 5.41) is 0. The second-order valence-corrected chi connectivity index (χ2v) is 4.86. The van der Waals surface area contributed by atoms with Crippen LogP contribution in [0.4, 0.5) is 0 Å². The van der Waals surface area contributed by atoms with Gasteiger partial charge in [-0.2, -0.15) is 0 Å². The topological polar surface area (TPSA) is 12.5 Å². The van der Waals surface area contributed by atoms with Gasteiger partial charge in [0, 0.05) is 19.0 Å². The van der Waals surface area contributed by atoms with Crippen molar-refractivity contribution in [3.8, 4) is 5.75 Å². The Balaban J connectivity index is 2.39. The third kappa shape index (κ3) is 5.74. The summed E-state index contributed by atoms with van der Waals surface area (Å²) in [6, 6.07) is 8.32. The number of ether oxygens (including phenoxy) is 1. The highest BCUT2D eigenvalue weighted by Gasteiger charge is 2.04. The van der Waals surface area contributed by atoms with Crippen molar-refractivity contribution >= 4 is 11.6 Å².